The first-order valence-electron chi connectivity index (χ1n) is 6.41. The summed E-state index contributed by atoms with van der Waals surface area (Å²) in [5.74, 6) is -1.73. The third-order valence-corrected chi connectivity index (χ3v) is 2.98. The Bertz CT molecular complexity index is 715. The van der Waals surface area contributed by atoms with Crippen LogP contribution in [-0.4, -0.2) is 19.0 Å². The molecule has 0 spiro atoms. The van der Waals surface area contributed by atoms with Gasteiger partial charge in [0.1, 0.15) is 18.2 Å². The number of esters is 1. The van der Waals surface area contributed by atoms with Crippen LogP contribution in [0.4, 0.5) is 4.39 Å². The molecule has 0 bridgehead atoms. The predicted molar refractivity (Wildman–Crippen MR) is 77.0 cm³/mol. The van der Waals surface area contributed by atoms with Gasteiger partial charge in [-0.3, -0.25) is 4.79 Å². The Balaban J connectivity index is 2.19. The Morgan fingerprint density at radius 2 is 1.86 bits per heavy atom. The SMILES string of the molecule is COC(=O)c1cc(COc2ccccc2C(N)=O)ccc1F. The van der Waals surface area contributed by atoms with Gasteiger partial charge in [0.05, 0.1) is 18.2 Å². The lowest BCUT2D eigenvalue weighted by Gasteiger charge is -2.10. The molecule has 0 aliphatic heterocycles. The van der Waals surface area contributed by atoms with E-state index >= 15 is 0 Å². The van der Waals surface area contributed by atoms with Gasteiger partial charge < -0.3 is 15.2 Å². The van der Waals surface area contributed by atoms with Gasteiger partial charge in [0.2, 0.25) is 0 Å². The van der Waals surface area contributed by atoms with Crippen LogP contribution in [0.25, 0.3) is 0 Å². The summed E-state index contributed by atoms with van der Waals surface area (Å²) >= 11 is 0. The zero-order valence-corrected chi connectivity index (χ0v) is 11.8. The topological polar surface area (TPSA) is 78.6 Å². The Morgan fingerprint density at radius 1 is 1.14 bits per heavy atom. The van der Waals surface area contributed by atoms with Crippen LogP contribution in [0.3, 0.4) is 0 Å². The molecule has 0 radical (unpaired) electrons. The van der Waals surface area contributed by atoms with Crippen LogP contribution in [0, 0.1) is 5.82 Å². The van der Waals surface area contributed by atoms with E-state index in [0.717, 1.165) is 6.07 Å². The molecule has 2 rings (SSSR count). The first kappa shape index (κ1) is 15.5. The van der Waals surface area contributed by atoms with Gasteiger partial charge >= 0.3 is 5.97 Å². The minimum atomic E-state index is -0.767. The molecule has 22 heavy (non-hydrogen) atoms. The van der Waals surface area contributed by atoms with Crippen LogP contribution < -0.4 is 10.5 Å². The van der Waals surface area contributed by atoms with Crippen molar-refractivity contribution >= 4 is 11.9 Å². The Labute approximate surface area is 126 Å². The van der Waals surface area contributed by atoms with Crippen LogP contribution >= 0.6 is 0 Å². The summed E-state index contributed by atoms with van der Waals surface area (Å²) in [7, 11) is 1.17. The van der Waals surface area contributed by atoms with Crippen molar-refractivity contribution < 1.29 is 23.5 Å². The van der Waals surface area contributed by atoms with Crippen molar-refractivity contribution in [2.75, 3.05) is 7.11 Å². The van der Waals surface area contributed by atoms with Gasteiger partial charge in [0.25, 0.3) is 5.91 Å². The summed E-state index contributed by atoms with van der Waals surface area (Å²) < 4.78 is 23.6. The lowest BCUT2D eigenvalue weighted by atomic mass is 10.1. The zero-order chi connectivity index (χ0) is 16.1. The van der Waals surface area contributed by atoms with E-state index in [0.29, 0.717) is 11.3 Å². The number of carbonyl (C=O) groups is 2. The van der Waals surface area contributed by atoms with Crippen molar-refractivity contribution in [1.29, 1.82) is 0 Å². The van der Waals surface area contributed by atoms with Crippen molar-refractivity contribution in [3.8, 4) is 5.75 Å². The number of benzene rings is 2. The molecular formula is C16H14FNO4. The molecule has 5 nitrogen and oxygen atoms in total. The number of para-hydroxylation sites is 1. The molecule has 1 amide bonds. The Morgan fingerprint density at radius 3 is 2.55 bits per heavy atom. The zero-order valence-electron chi connectivity index (χ0n) is 11.8. The fraction of sp³-hybridized carbons (Fsp3) is 0.125. The van der Waals surface area contributed by atoms with Crippen LogP contribution in [-0.2, 0) is 11.3 Å². The molecule has 0 heterocycles. The molecular weight excluding hydrogens is 289 g/mol. The number of halogens is 1. The van der Waals surface area contributed by atoms with E-state index in [1.807, 2.05) is 0 Å². The highest BCUT2D eigenvalue weighted by Crippen LogP contribution is 2.20. The Hall–Kier alpha value is -2.89. The minimum Gasteiger partial charge on any atom is -0.488 e. The summed E-state index contributed by atoms with van der Waals surface area (Å²) in [4.78, 5) is 22.7. The number of carbonyl (C=O) groups excluding carboxylic acids is 2. The third kappa shape index (κ3) is 3.41. The van der Waals surface area contributed by atoms with Crippen LogP contribution in [0.15, 0.2) is 42.5 Å². The standard InChI is InChI=1S/C16H14FNO4/c1-21-16(20)12-8-10(6-7-13(12)17)9-22-14-5-3-2-4-11(14)15(18)19/h2-8H,9H2,1H3,(H2,18,19). The number of amides is 1. The molecule has 0 aliphatic carbocycles. The number of hydrogen-bond donors (Lipinski definition) is 1. The second-order valence-electron chi connectivity index (χ2n) is 4.45. The van der Waals surface area contributed by atoms with E-state index in [-0.39, 0.29) is 17.7 Å². The highest BCUT2D eigenvalue weighted by molar-refractivity contribution is 5.95. The first-order valence-corrected chi connectivity index (χ1v) is 6.41. The molecule has 0 fully saturated rings. The maximum atomic E-state index is 13.5. The van der Waals surface area contributed by atoms with Gasteiger partial charge in [0.15, 0.2) is 0 Å². The molecule has 0 aromatic heterocycles. The average molecular weight is 303 g/mol. The number of methoxy groups -OCH3 is 1. The van der Waals surface area contributed by atoms with Gasteiger partial charge in [0, 0.05) is 0 Å². The van der Waals surface area contributed by atoms with Gasteiger partial charge in [-0.1, -0.05) is 18.2 Å². The average Bonchev–Trinajstić information content (AvgIpc) is 2.53. The summed E-state index contributed by atoms with van der Waals surface area (Å²) in [5, 5.41) is 0. The molecule has 2 aromatic rings. The fourth-order valence-electron chi connectivity index (χ4n) is 1.89. The summed E-state index contributed by atoms with van der Waals surface area (Å²) in [6.07, 6.45) is 0. The maximum absolute atomic E-state index is 13.5. The van der Waals surface area contributed by atoms with Crippen LogP contribution in [0.2, 0.25) is 0 Å². The first-order chi connectivity index (χ1) is 10.5. The smallest absolute Gasteiger partial charge is 0.340 e. The molecule has 0 saturated heterocycles. The molecule has 0 aliphatic rings. The largest absolute Gasteiger partial charge is 0.488 e. The minimum absolute atomic E-state index is 0.0502. The quantitative estimate of drug-likeness (QED) is 0.860. The fourth-order valence-corrected chi connectivity index (χ4v) is 1.89. The molecule has 2 aromatic carbocycles. The normalized spacial score (nSPS) is 10.1. The number of nitrogens with two attached hydrogens (primary N) is 1. The Kier molecular flexibility index (Phi) is 4.73. The second-order valence-corrected chi connectivity index (χ2v) is 4.45. The van der Waals surface area contributed by atoms with Crippen molar-refractivity contribution in [2.45, 2.75) is 6.61 Å². The summed E-state index contributed by atoms with van der Waals surface area (Å²) in [6.45, 7) is 0.0502. The van der Waals surface area contributed by atoms with Gasteiger partial charge in [-0.25, -0.2) is 9.18 Å². The van der Waals surface area contributed by atoms with Gasteiger partial charge in [-0.2, -0.15) is 0 Å². The molecule has 114 valence electrons. The summed E-state index contributed by atoms with van der Waals surface area (Å²) in [5.41, 5.74) is 5.89. The third-order valence-electron chi connectivity index (χ3n) is 2.98. The molecule has 0 saturated carbocycles. The molecule has 6 heteroatoms. The van der Waals surface area contributed by atoms with Gasteiger partial charge in [-0.05, 0) is 29.8 Å². The molecule has 2 N–H and O–H groups in total. The van der Waals surface area contributed by atoms with E-state index in [1.54, 1.807) is 24.3 Å². The van der Waals surface area contributed by atoms with E-state index in [2.05, 4.69) is 4.74 Å². The predicted octanol–water partition coefficient (Wildman–Crippen LogP) is 2.29. The van der Waals surface area contributed by atoms with Crippen molar-refractivity contribution in [1.82, 2.24) is 0 Å². The van der Waals surface area contributed by atoms with Crippen LogP contribution in [0.5, 0.6) is 5.75 Å². The van der Waals surface area contributed by atoms with Crippen molar-refractivity contribution in [3.63, 3.8) is 0 Å². The van der Waals surface area contributed by atoms with Crippen molar-refractivity contribution in [2.24, 2.45) is 5.73 Å². The van der Waals surface area contributed by atoms with E-state index in [1.165, 1.54) is 19.2 Å². The molecule has 0 unspecified atom stereocenters. The maximum Gasteiger partial charge on any atom is 0.340 e. The highest BCUT2D eigenvalue weighted by Gasteiger charge is 2.13. The van der Waals surface area contributed by atoms with Gasteiger partial charge in [-0.15, -0.1) is 0 Å². The van der Waals surface area contributed by atoms with Crippen molar-refractivity contribution in [3.05, 3.63) is 65.0 Å². The monoisotopic (exact) mass is 303 g/mol. The number of ether oxygens (including phenoxy) is 2. The van der Waals surface area contributed by atoms with E-state index < -0.39 is 17.7 Å². The number of rotatable bonds is 5. The lowest BCUT2D eigenvalue weighted by Crippen LogP contribution is -2.13. The van der Waals surface area contributed by atoms with Crippen LogP contribution in [0.1, 0.15) is 26.3 Å². The lowest BCUT2D eigenvalue weighted by molar-refractivity contribution is 0.0595. The van der Waals surface area contributed by atoms with E-state index in [9.17, 15) is 14.0 Å². The number of primary amides is 1. The highest BCUT2D eigenvalue weighted by atomic mass is 19.1. The molecule has 0 atom stereocenters. The van der Waals surface area contributed by atoms with E-state index in [4.69, 9.17) is 10.5 Å². The summed E-state index contributed by atoms with van der Waals surface area (Å²) in [6, 6.07) is 10.5. The second kappa shape index (κ2) is 6.71. The number of hydrogen-bond acceptors (Lipinski definition) is 4.